The zero-order valence-corrected chi connectivity index (χ0v) is 9.97. The molecule has 0 radical (unpaired) electrons. The van der Waals surface area contributed by atoms with Gasteiger partial charge in [0.25, 0.3) is 5.91 Å². The maximum absolute atomic E-state index is 11.6. The van der Waals surface area contributed by atoms with Crippen molar-refractivity contribution in [3.8, 4) is 6.07 Å². The van der Waals surface area contributed by atoms with Gasteiger partial charge in [-0.15, -0.1) is 0 Å². The fourth-order valence-electron chi connectivity index (χ4n) is 1.77. The van der Waals surface area contributed by atoms with Crippen LogP contribution in [0.2, 0.25) is 0 Å². The van der Waals surface area contributed by atoms with Gasteiger partial charge in [0.15, 0.2) is 0 Å². The molecule has 5 nitrogen and oxygen atoms in total. The smallest absolute Gasteiger partial charge is 0.256 e. The van der Waals surface area contributed by atoms with Crippen LogP contribution in [0.25, 0.3) is 0 Å². The van der Waals surface area contributed by atoms with E-state index < -0.39 is 0 Å². The van der Waals surface area contributed by atoms with E-state index in [0.29, 0.717) is 12.0 Å². The largest absolute Gasteiger partial charge is 0.362 e. The number of amides is 1. The molecule has 0 saturated carbocycles. The first-order chi connectivity index (χ1) is 8.15. The van der Waals surface area contributed by atoms with Crippen molar-refractivity contribution in [3.05, 3.63) is 29.8 Å². The van der Waals surface area contributed by atoms with Gasteiger partial charge >= 0.3 is 0 Å². The number of nitrogens with one attached hydrogen (secondary N) is 1. The summed E-state index contributed by atoms with van der Waals surface area (Å²) in [6.45, 7) is 1.89. The molecule has 1 aromatic carbocycles. The molecular formula is C12H16N4O. The number of carbonyl (C=O) groups is 1. The highest BCUT2D eigenvalue weighted by Gasteiger charge is 2.22. The number of hydrogen-bond donors (Lipinski definition) is 2. The third kappa shape index (κ3) is 2.74. The molecule has 1 amide bonds. The number of hydrogen-bond acceptors (Lipinski definition) is 4. The van der Waals surface area contributed by atoms with Crippen LogP contribution in [0.3, 0.4) is 0 Å². The summed E-state index contributed by atoms with van der Waals surface area (Å²) in [5.41, 5.74) is 3.41. The molecule has 0 aliphatic rings. The summed E-state index contributed by atoms with van der Waals surface area (Å²) in [5.74, 6) is 4.88. The predicted octanol–water partition coefficient (Wildman–Crippen LogP) is 0.763. The van der Waals surface area contributed by atoms with Gasteiger partial charge in [0.1, 0.15) is 12.1 Å². The van der Waals surface area contributed by atoms with Gasteiger partial charge in [-0.3, -0.25) is 10.2 Å². The van der Waals surface area contributed by atoms with Gasteiger partial charge in [-0.2, -0.15) is 5.26 Å². The maximum Gasteiger partial charge on any atom is 0.256 e. The minimum Gasteiger partial charge on any atom is -0.362 e. The van der Waals surface area contributed by atoms with Crippen LogP contribution in [0.15, 0.2) is 24.3 Å². The average molecular weight is 232 g/mol. The molecule has 90 valence electrons. The lowest BCUT2D eigenvalue weighted by atomic mass is 10.1. The van der Waals surface area contributed by atoms with Crippen molar-refractivity contribution in [1.82, 2.24) is 5.43 Å². The van der Waals surface area contributed by atoms with Crippen LogP contribution in [0.4, 0.5) is 5.69 Å². The Morgan fingerprint density at radius 1 is 1.59 bits per heavy atom. The Morgan fingerprint density at radius 2 is 2.24 bits per heavy atom. The second kappa shape index (κ2) is 5.87. The first-order valence-electron chi connectivity index (χ1n) is 5.38. The number of nitrogens with zero attached hydrogens (tertiary/aromatic N) is 2. The summed E-state index contributed by atoms with van der Waals surface area (Å²) in [6.07, 6.45) is 0.610. The molecule has 0 heterocycles. The van der Waals surface area contributed by atoms with E-state index in [4.69, 9.17) is 11.1 Å². The first kappa shape index (κ1) is 13.0. The molecule has 0 aromatic heterocycles. The fraction of sp³-hybridized carbons (Fsp3) is 0.333. The normalized spacial score (nSPS) is 11.4. The van der Waals surface area contributed by atoms with Crippen molar-refractivity contribution in [1.29, 1.82) is 5.26 Å². The zero-order valence-electron chi connectivity index (χ0n) is 9.97. The lowest BCUT2D eigenvalue weighted by Crippen LogP contribution is -2.47. The van der Waals surface area contributed by atoms with Crippen LogP contribution in [0.5, 0.6) is 0 Å². The molecule has 1 atom stereocenters. The van der Waals surface area contributed by atoms with Gasteiger partial charge in [0.2, 0.25) is 0 Å². The van der Waals surface area contributed by atoms with Crippen molar-refractivity contribution in [2.24, 2.45) is 5.84 Å². The molecule has 17 heavy (non-hydrogen) atoms. The molecule has 3 N–H and O–H groups in total. The number of hydrazine groups is 1. The summed E-state index contributed by atoms with van der Waals surface area (Å²) < 4.78 is 0. The van der Waals surface area contributed by atoms with Crippen molar-refractivity contribution in [3.63, 3.8) is 0 Å². The summed E-state index contributed by atoms with van der Waals surface area (Å²) in [4.78, 5) is 13.4. The van der Waals surface area contributed by atoms with Gasteiger partial charge in [-0.05, 0) is 18.6 Å². The maximum atomic E-state index is 11.6. The quantitative estimate of drug-likeness (QED) is 0.456. The highest BCUT2D eigenvalue weighted by atomic mass is 16.2. The molecule has 0 bridgehead atoms. The van der Waals surface area contributed by atoms with E-state index in [2.05, 4.69) is 11.5 Å². The molecular weight excluding hydrogens is 216 g/mol. The van der Waals surface area contributed by atoms with E-state index in [0.717, 1.165) is 5.69 Å². The molecule has 1 aromatic rings. The minimum atomic E-state index is -0.380. The number of carbonyl (C=O) groups excluding carboxylic acids is 1. The monoisotopic (exact) mass is 232 g/mol. The number of benzene rings is 1. The SMILES string of the molecule is CCC(C(=O)NN)N(C)c1ccccc1C#N. The number of para-hydroxylation sites is 1. The Kier molecular flexibility index (Phi) is 4.49. The Balaban J connectivity index is 3.06. The third-order valence-corrected chi connectivity index (χ3v) is 2.70. The highest BCUT2D eigenvalue weighted by Crippen LogP contribution is 2.21. The lowest BCUT2D eigenvalue weighted by Gasteiger charge is -2.28. The van der Waals surface area contributed by atoms with Crippen LogP contribution >= 0.6 is 0 Å². The van der Waals surface area contributed by atoms with E-state index in [-0.39, 0.29) is 11.9 Å². The zero-order chi connectivity index (χ0) is 12.8. The summed E-state index contributed by atoms with van der Waals surface area (Å²) in [7, 11) is 1.78. The Bertz CT molecular complexity index is 438. The number of rotatable bonds is 4. The molecule has 0 saturated heterocycles. The van der Waals surface area contributed by atoms with Crippen LogP contribution in [0, 0.1) is 11.3 Å². The minimum absolute atomic E-state index is 0.261. The Morgan fingerprint density at radius 3 is 2.76 bits per heavy atom. The molecule has 0 aliphatic carbocycles. The summed E-state index contributed by atoms with van der Waals surface area (Å²) in [6, 6.07) is 8.88. The van der Waals surface area contributed by atoms with Crippen molar-refractivity contribution < 1.29 is 4.79 Å². The van der Waals surface area contributed by atoms with E-state index in [9.17, 15) is 4.79 Å². The van der Waals surface area contributed by atoms with Gasteiger partial charge in [0, 0.05) is 7.05 Å². The van der Waals surface area contributed by atoms with E-state index in [1.807, 2.05) is 19.1 Å². The lowest BCUT2D eigenvalue weighted by molar-refractivity contribution is -0.122. The molecule has 0 spiro atoms. The van der Waals surface area contributed by atoms with Crippen molar-refractivity contribution in [2.45, 2.75) is 19.4 Å². The second-order valence-electron chi connectivity index (χ2n) is 3.67. The third-order valence-electron chi connectivity index (χ3n) is 2.70. The number of nitriles is 1. The molecule has 5 heteroatoms. The van der Waals surface area contributed by atoms with Crippen LogP contribution < -0.4 is 16.2 Å². The molecule has 0 aliphatic heterocycles. The van der Waals surface area contributed by atoms with Crippen LogP contribution in [-0.4, -0.2) is 19.0 Å². The Hall–Kier alpha value is -2.06. The van der Waals surface area contributed by atoms with Gasteiger partial charge < -0.3 is 4.90 Å². The van der Waals surface area contributed by atoms with Gasteiger partial charge in [-0.1, -0.05) is 19.1 Å². The van der Waals surface area contributed by atoms with Crippen LogP contribution in [0.1, 0.15) is 18.9 Å². The van der Waals surface area contributed by atoms with E-state index in [1.165, 1.54) is 0 Å². The summed E-state index contributed by atoms with van der Waals surface area (Å²) >= 11 is 0. The molecule has 1 rings (SSSR count). The average Bonchev–Trinajstić information content (AvgIpc) is 2.38. The number of nitrogens with two attached hydrogens (primary N) is 1. The standard InChI is InChI=1S/C12H16N4O/c1-3-10(12(17)15-14)16(2)11-7-5-4-6-9(11)8-13/h4-7,10H,3,14H2,1-2H3,(H,15,17). The number of anilines is 1. The van der Waals surface area contributed by atoms with Gasteiger partial charge in [0.05, 0.1) is 11.3 Å². The van der Waals surface area contributed by atoms with E-state index >= 15 is 0 Å². The van der Waals surface area contributed by atoms with Crippen LogP contribution in [-0.2, 0) is 4.79 Å². The fourth-order valence-corrected chi connectivity index (χ4v) is 1.77. The predicted molar refractivity (Wildman–Crippen MR) is 66.0 cm³/mol. The van der Waals surface area contributed by atoms with Crippen molar-refractivity contribution >= 4 is 11.6 Å². The van der Waals surface area contributed by atoms with E-state index in [1.54, 1.807) is 24.1 Å². The molecule has 0 fully saturated rings. The first-order valence-corrected chi connectivity index (χ1v) is 5.38. The topological polar surface area (TPSA) is 82.2 Å². The second-order valence-corrected chi connectivity index (χ2v) is 3.67. The summed E-state index contributed by atoms with van der Waals surface area (Å²) in [5, 5.41) is 9.02. The highest BCUT2D eigenvalue weighted by molar-refractivity contribution is 5.85. The van der Waals surface area contributed by atoms with Crippen molar-refractivity contribution in [2.75, 3.05) is 11.9 Å². The Labute approximate surface area is 101 Å². The van der Waals surface area contributed by atoms with Gasteiger partial charge in [-0.25, -0.2) is 5.84 Å². The number of likely N-dealkylation sites (N-methyl/N-ethyl adjacent to an activating group) is 1. The molecule has 1 unspecified atom stereocenters.